The summed E-state index contributed by atoms with van der Waals surface area (Å²) < 4.78 is 0. The third-order valence-corrected chi connectivity index (χ3v) is 10.6. The molecule has 0 spiro atoms. The lowest BCUT2D eigenvalue weighted by Gasteiger charge is -2.33. The first-order valence-electron chi connectivity index (χ1n) is 18.2. The number of hydrogen-bond acceptors (Lipinski definition) is 2. The van der Waals surface area contributed by atoms with Gasteiger partial charge in [-0.05, 0) is 145 Å². The van der Waals surface area contributed by atoms with Crippen LogP contribution in [0.5, 0.6) is 0 Å². The van der Waals surface area contributed by atoms with Crippen LogP contribution in [0.3, 0.4) is 0 Å². The Morgan fingerprint density at radius 3 is 1.31 bits per heavy atom. The fourth-order valence-corrected chi connectivity index (χ4v) is 7.07. The number of aryl methyl sites for hydroxylation is 4. The van der Waals surface area contributed by atoms with Crippen LogP contribution in [0.4, 0.5) is 28.4 Å². The minimum Gasteiger partial charge on any atom is -0.314 e. The molecular formula is C47H62N2. The number of benzene rings is 4. The van der Waals surface area contributed by atoms with E-state index >= 15 is 0 Å². The SMILES string of the molecule is C=C/C=C(/C)N(c1ccc(N(c2ccc(C(C)(CC)CC)cc2)c2c(C)cc(C(C)(C)C)cc2C)cc1)c1c(C)cc(C(C)(C)C)cc1C. The minimum atomic E-state index is 0.0779. The number of anilines is 5. The maximum absolute atomic E-state index is 4.03. The monoisotopic (exact) mass is 654 g/mol. The molecule has 0 saturated heterocycles. The molecule has 0 unspecified atom stereocenters. The molecule has 0 N–H and O–H groups in total. The summed E-state index contributed by atoms with van der Waals surface area (Å²) in [6, 6.07) is 27.9. The summed E-state index contributed by atoms with van der Waals surface area (Å²) in [6.07, 6.45) is 6.22. The van der Waals surface area contributed by atoms with Crippen LogP contribution in [0.2, 0.25) is 0 Å². The quantitative estimate of drug-likeness (QED) is 0.157. The Balaban J connectivity index is 1.91. The standard InChI is InChI=1S/C47H62N2/c1-16-19-36(8)48(43-32(4)28-38(29-33(43)5)45(9,10)11)40-24-26-42(27-25-40)49(41-22-20-37(21-23-41)47(15,17-2)18-3)44-34(6)30-39(31-35(44)7)46(12,13)14/h16,19-31H,1,17-18H2,2-15H3/b36-19-. The van der Waals surface area contributed by atoms with E-state index in [1.807, 2.05) is 6.08 Å². The fraction of sp³-hybridized carbons (Fsp3) is 0.404. The van der Waals surface area contributed by atoms with Crippen LogP contribution in [0.25, 0.3) is 0 Å². The van der Waals surface area contributed by atoms with E-state index in [9.17, 15) is 0 Å². The van der Waals surface area contributed by atoms with Gasteiger partial charge in [-0.3, -0.25) is 0 Å². The maximum Gasteiger partial charge on any atom is 0.0520 e. The molecule has 0 atom stereocenters. The molecule has 49 heavy (non-hydrogen) atoms. The molecule has 4 aromatic carbocycles. The van der Waals surface area contributed by atoms with Crippen molar-refractivity contribution in [3.8, 4) is 0 Å². The molecule has 2 heteroatoms. The van der Waals surface area contributed by atoms with E-state index in [0.29, 0.717) is 0 Å². The fourth-order valence-electron chi connectivity index (χ4n) is 7.07. The van der Waals surface area contributed by atoms with E-state index in [4.69, 9.17) is 0 Å². The first-order chi connectivity index (χ1) is 22.9. The summed E-state index contributed by atoms with van der Waals surface area (Å²) in [6.45, 7) is 35.9. The Morgan fingerprint density at radius 1 is 0.571 bits per heavy atom. The average Bonchev–Trinajstić information content (AvgIpc) is 3.03. The smallest absolute Gasteiger partial charge is 0.0520 e. The molecule has 0 bridgehead atoms. The molecule has 0 aromatic heterocycles. The van der Waals surface area contributed by atoms with Crippen LogP contribution in [-0.4, -0.2) is 0 Å². The summed E-state index contributed by atoms with van der Waals surface area (Å²) in [5, 5.41) is 0. The van der Waals surface area contributed by atoms with Crippen molar-refractivity contribution in [2.75, 3.05) is 9.80 Å². The van der Waals surface area contributed by atoms with Gasteiger partial charge >= 0.3 is 0 Å². The lowest BCUT2D eigenvalue weighted by atomic mass is 9.78. The highest BCUT2D eigenvalue weighted by Crippen LogP contribution is 2.44. The molecule has 4 aromatic rings. The van der Waals surface area contributed by atoms with Crippen molar-refractivity contribution in [2.24, 2.45) is 0 Å². The summed E-state index contributed by atoms with van der Waals surface area (Å²) in [4.78, 5) is 4.83. The van der Waals surface area contributed by atoms with E-state index in [-0.39, 0.29) is 16.2 Å². The van der Waals surface area contributed by atoms with Crippen molar-refractivity contribution in [3.05, 3.63) is 136 Å². The summed E-state index contributed by atoms with van der Waals surface area (Å²) in [7, 11) is 0. The second kappa shape index (κ2) is 14.4. The average molecular weight is 655 g/mol. The van der Waals surface area contributed by atoms with Crippen molar-refractivity contribution in [1.82, 2.24) is 0 Å². The van der Waals surface area contributed by atoms with Gasteiger partial charge in [-0.2, -0.15) is 0 Å². The van der Waals surface area contributed by atoms with Crippen LogP contribution >= 0.6 is 0 Å². The summed E-state index contributed by atoms with van der Waals surface area (Å²) in [5.74, 6) is 0. The van der Waals surface area contributed by atoms with Crippen LogP contribution in [-0.2, 0) is 16.2 Å². The van der Waals surface area contributed by atoms with Crippen LogP contribution in [0.15, 0.2) is 97.2 Å². The number of nitrogens with zero attached hydrogens (tertiary/aromatic N) is 2. The van der Waals surface area contributed by atoms with Gasteiger partial charge in [0.05, 0.1) is 11.4 Å². The van der Waals surface area contributed by atoms with Gasteiger partial charge in [0.2, 0.25) is 0 Å². The molecular weight excluding hydrogens is 593 g/mol. The van der Waals surface area contributed by atoms with Gasteiger partial charge in [0.1, 0.15) is 0 Å². The summed E-state index contributed by atoms with van der Waals surface area (Å²) >= 11 is 0. The van der Waals surface area contributed by atoms with Crippen molar-refractivity contribution in [2.45, 2.75) is 126 Å². The topological polar surface area (TPSA) is 6.48 Å². The van der Waals surface area contributed by atoms with Gasteiger partial charge in [0, 0.05) is 22.8 Å². The Hall–Kier alpha value is -4.04. The first-order valence-corrected chi connectivity index (χ1v) is 18.2. The third-order valence-electron chi connectivity index (χ3n) is 10.6. The molecule has 0 amide bonds. The van der Waals surface area contributed by atoms with Gasteiger partial charge in [-0.1, -0.05) is 111 Å². The minimum absolute atomic E-state index is 0.0779. The molecule has 0 saturated carbocycles. The highest BCUT2D eigenvalue weighted by molar-refractivity contribution is 5.83. The van der Waals surface area contributed by atoms with Crippen molar-refractivity contribution in [3.63, 3.8) is 0 Å². The lowest BCUT2D eigenvalue weighted by molar-refractivity contribution is 0.439. The predicted octanol–water partition coefficient (Wildman–Crippen LogP) is 14.3. The molecule has 0 heterocycles. The number of hydrogen-bond donors (Lipinski definition) is 0. The van der Waals surface area contributed by atoms with Crippen LogP contribution in [0.1, 0.15) is 121 Å². The van der Waals surface area contributed by atoms with Crippen molar-refractivity contribution < 1.29 is 0 Å². The van der Waals surface area contributed by atoms with Gasteiger partial charge in [-0.25, -0.2) is 0 Å². The van der Waals surface area contributed by atoms with E-state index in [2.05, 4.69) is 192 Å². The van der Waals surface area contributed by atoms with Gasteiger partial charge < -0.3 is 9.80 Å². The zero-order chi connectivity index (χ0) is 36.5. The highest BCUT2D eigenvalue weighted by atomic mass is 15.2. The Kier molecular flexibility index (Phi) is 11.1. The van der Waals surface area contributed by atoms with E-state index in [0.717, 1.165) is 29.9 Å². The van der Waals surface area contributed by atoms with Gasteiger partial charge in [0.25, 0.3) is 0 Å². The zero-order valence-electron chi connectivity index (χ0n) is 33.1. The zero-order valence-corrected chi connectivity index (χ0v) is 33.1. The molecule has 2 nitrogen and oxygen atoms in total. The second-order valence-electron chi connectivity index (χ2n) is 16.5. The van der Waals surface area contributed by atoms with E-state index in [1.165, 1.54) is 56.0 Å². The molecule has 0 aliphatic heterocycles. The van der Waals surface area contributed by atoms with Crippen molar-refractivity contribution in [1.29, 1.82) is 0 Å². The van der Waals surface area contributed by atoms with E-state index in [1.54, 1.807) is 0 Å². The largest absolute Gasteiger partial charge is 0.314 e. The molecule has 0 radical (unpaired) electrons. The third kappa shape index (κ3) is 7.90. The first kappa shape index (κ1) is 37.8. The Morgan fingerprint density at radius 2 is 0.939 bits per heavy atom. The molecule has 0 aliphatic rings. The molecule has 0 fully saturated rings. The normalized spacial score (nSPS) is 12.7. The van der Waals surface area contributed by atoms with Crippen LogP contribution < -0.4 is 9.80 Å². The van der Waals surface area contributed by atoms with Crippen LogP contribution in [0, 0.1) is 27.7 Å². The predicted molar refractivity (Wildman–Crippen MR) is 218 cm³/mol. The second-order valence-corrected chi connectivity index (χ2v) is 16.5. The van der Waals surface area contributed by atoms with E-state index < -0.39 is 0 Å². The molecule has 4 rings (SSSR count). The Bertz CT molecular complexity index is 1750. The lowest BCUT2D eigenvalue weighted by Crippen LogP contribution is -2.20. The summed E-state index contributed by atoms with van der Waals surface area (Å²) in [5.41, 5.74) is 16.6. The molecule has 0 aliphatic carbocycles. The van der Waals surface area contributed by atoms with Gasteiger partial charge in [-0.15, -0.1) is 0 Å². The highest BCUT2D eigenvalue weighted by Gasteiger charge is 2.26. The number of rotatable bonds is 10. The maximum atomic E-state index is 4.03. The van der Waals surface area contributed by atoms with Gasteiger partial charge in [0.15, 0.2) is 0 Å². The van der Waals surface area contributed by atoms with Crippen molar-refractivity contribution >= 4 is 28.4 Å². The Labute approximate surface area is 299 Å². The molecule has 260 valence electrons. The number of allylic oxidation sites excluding steroid dienone is 3.